The van der Waals surface area contributed by atoms with Crippen LogP contribution in [-0.2, 0) is 13.0 Å². The van der Waals surface area contributed by atoms with E-state index in [1.165, 1.54) is 9.78 Å². The second-order valence-corrected chi connectivity index (χ2v) is 9.44. The van der Waals surface area contributed by atoms with E-state index < -0.39 is 0 Å². The molecule has 6 nitrogen and oxygen atoms in total. The Morgan fingerprint density at radius 3 is 2.33 bits per heavy atom. The summed E-state index contributed by atoms with van der Waals surface area (Å²) in [5, 5.41) is 2.08. The third-order valence-electron chi connectivity index (χ3n) is 6.30. The smallest absolute Gasteiger partial charge is 0.261 e. The molecule has 0 bridgehead atoms. The molecular weight excluding hydrogens is 434 g/mol. The first-order valence-electron chi connectivity index (χ1n) is 11.2. The molecule has 0 spiro atoms. The second kappa shape index (κ2) is 9.29. The van der Waals surface area contributed by atoms with Crippen molar-refractivity contribution < 1.29 is 14.4 Å². The number of hydrogen-bond acceptors (Lipinski definition) is 5. The van der Waals surface area contributed by atoms with E-state index in [1.807, 2.05) is 35.2 Å². The maximum atomic E-state index is 13.1. The molecule has 1 aromatic heterocycles. The summed E-state index contributed by atoms with van der Waals surface area (Å²) in [6.07, 6.45) is 0.605. The average molecular weight is 460 g/mol. The van der Waals surface area contributed by atoms with Crippen LogP contribution >= 0.6 is 11.3 Å². The number of fused-ring (bicyclic) bond motifs is 1. The van der Waals surface area contributed by atoms with Crippen LogP contribution in [0.5, 0.6) is 0 Å². The highest BCUT2D eigenvalue weighted by molar-refractivity contribution is 7.09. The Morgan fingerprint density at radius 1 is 0.848 bits per heavy atom. The van der Waals surface area contributed by atoms with Crippen LogP contribution in [0.25, 0.3) is 0 Å². The van der Waals surface area contributed by atoms with Gasteiger partial charge in [0.2, 0.25) is 0 Å². The van der Waals surface area contributed by atoms with E-state index in [-0.39, 0.29) is 17.7 Å². The van der Waals surface area contributed by atoms with Crippen molar-refractivity contribution in [1.82, 2.24) is 14.7 Å². The van der Waals surface area contributed by atoms with Gasteiger partial charge in [0.1, 0.15) is 0 Å². The van der Waals surface area contributed by atoms with E-state index in [9.17, 15) is 14.4 Å². The maximum absolute atomic E-state index is 13.1. The van der Waals surface area contributed by atoms with Crippen LogP contribution in [-0.4, -0.2) is 65.1 Å². The average Bonchev–Trinajstić information content (AvgIpc) is 3.45. The normalized spacial score (nSPS) is 16.4. The molecule has 0 atom stereocenters. The largest absolute Gasteiger partial charge is 0.336 e. The molecule has 1 fully saturated rings. The van der Waals surface area contributed by atoms with Crippen molar-refractivity contribution in [2.24, 2.45) is 0 Å². The number of imide groups is 1. The number of thiophene rings is 1. The first kappa shape index (κ1) is 21.6. The van der Waals surface area contributed by atoms with Crippen LogP contribution in [0.2, 0.25) is 0 Å². The quantitative estimate of drug-likeness (QED) is 0.529. The summed E-state index contributed by atoms with van der Waals surface area (Å²) in [5.74, 6) is -0.690. The fourth-order valence-corrected chi connectivity index (χ4v) is 5.17. The molecule has 5 rings (SSSR count). The van der Waals surface area contributed by atoms with Crippen molar-refractivity contribution in [3.63, 3.8) is 0 Å². The van der Waals surface area contributed by atoms with E-state index >= 15 is 0 Å². The summed E-state index contributed by atoms with van der Waals surface area (Å²) < 4.78 is 0. The highest BCUT2D eigenvalue weighted by Crippen LogP contribution is 2.25. The Morgan fingerprint density at radius 2 is 1.61 bits per heavy atom. The van der Waals surface area contributed by atoms with E-state index in [1.54, 1.807) is 29.5 Å². The van der Waals surface area contributed by atoms with Gasteiger partial charge in [0.05, 0.1) is 11.1 Å². The molecule has 2 aromatic carbocycles. The zero-order chi connectivity index (χ0) is 22.8. The van der Waals surface area contributed by atoms with Crippen molar-refractivity contribution in [3.05, 3.63) is 93.2 Å². The van der Waals surface area contributed by atoms with Gasteiger partial charge < -0.3 is 4.90 Å². The predicted molar refractivity (Wildman–Crippen MR) is 127 cm³/mol. The minimum absolute atomic E-state index is 0.0865. The van der Waals surface area contributed by atoms with Crippen molar-refractivity contribution in [2.45, 2.75) is 13.0 Å². The van der Waals surface area contributed by atoms with E-state index in [2.05, 4.69) is 22.4 Å². The molecule has 0 aliphatic carbocycles. The Hall–Kier alpha value is -3.29. The molecule has 1 saturated heterocycles. The monoisotopic (exact) mass is 459 g/mol. The summed E-state index contributed by atoms with van der Waals surface area (Å²) in [5.41, 5.74) is 2.25. The number of hydrogen-bond donors (Lipinski definition) is 0. The van der Waals surface area contributed by atoms with Gasteiger partial charge in [0.15, 0.2) is 0 Å². The molecule has 168 valence electrons. The predicted octanol–water partition coefficient (Wildman–Crippen LogP) is 3.54. The second-order valence-electron chi connectivity index (χ2n) is 8.41. The van der Waals surface area contributed by atoms with Crippen molar-refractivity contribution in [3.8, 4) is 0 Å². The third-order valence-corrected chi connectivity index (χ3v) is 7.16. The van der Waals surface area contributed by atoms with Gasteiger partial charge in [-0.2, -0.15) is 0 Å². The zero-order valence-electron chi connectivity index (χ0n) is 18.3. The fraction of sp³-hybridized carbons (Fsp3) is 0.269. The van der Waals surface area contributed by atoms with Gasteiger partial charge in [-0.25, -0.2) is 0 Å². The van der Waals surface area contributed by atoms with Crippen LogP contribution in [0.1, 0.15) is 41.5 Å². The number of nitrogens with zero attached hydrogens (tertiary/aromatic N) is 3. The number of rotatable bonds is 6. The number of benzene rings is 2. The lowest BCUT2D eigenvalue weighted by Crippen LogP contribution is -2.48. The fourth-order valence-electron chi connectivity index (χ4n) is 4.43. The van der Waals surface area contributed by atoms with Crippen LogP contribution < -0.4 is 0 Å². The number of piperazine rings is 1. The van der Waals surface area contributed by atoms with Crippen LogP contribution in [0, 0.1) is 0 Å². The van der Waals surface area contributed by atoms with Gasteiger partial charge in [-0.3, -0.25) is 24.2 Å². The summed E-state index contributed by atoms with van der Waals surface area (Å²) in [6, 6.07) is 18.9. The number of carbonyl (C=O) groups is 3. The molecule has 33 heavy (non-hydrogen) atoms. The minimum Gasteiger partial charge on any atom is -0.336 e. The minimum atomic E-state index is -0.318. The van der Waals surface area contributed by atoms with E-state index in [0.29, 0.717) is 42.7 Å². The highest BCUT2D eigenvalue weighted by Gasteiger charge is 2.36. The van der Waals surface area contributed by atoms with E-state index in [4.69, 9.17) is 0 Å². The lowest BCUT2D eigenvalue weighted by molar-refractivity contribution is 0.0628. The number of amides is 3. The topological polar surface area (TPSA) is 60.9 Å². The van der Waals surface area contributed by atoms with Crippen LogP contribution in [0.15, 0.2) is 66.0 Å². The SMILES string of the molecule is O=C(c1ccc2c(c1)C(=O)N(CCc1ccccc1)C2=O)N1CCN(Cc2cccs2)CC1. The maximum Gasteiger partial charge on any atom is 0.261 e. The lowest BCUT2D eigenvalue weighted by Gasteiger charge is -2.34. The van der Waals surface area contributed by atoms with Gasteiger partial charge in [0, 0.05) is 49.7 Å². The molecule has 3 amide bonds. The van der Waals surface area contributed by atoms with Gasteiger partial charge in [-0.05, 0) is 41.6 Å². The standard InChI is InChI=1S/C26H25N3O3S/c30-24(28-14-12-27(13-15-28)18-21-7-4-16-33-21)20-8-9-22-23(17-20)26(32)29(25(22)31)11-10-19-5-2-1-3-6-19/h1-9,16-17H,10-15,18H2. The molecule has 3 heterocycles. The summed E-state index contributed by atoms with van der Waals surface area (Å²) in [7, 11) is 0. The summed E-state index contributed by atoms with van der Waals surface area (Å²) in [4.78, 5) is 45.6. The zero-order valence-corrected chi connectivity index (χ0v) is 19.1. The molecule has 0 N–H and O–H groups in total. The molecule has 0 unspecified atom stereocenters. The first-order chi connectivity index (χ1) is 16.1. The van der Waals surface area contributed by atoms with Crippen molar-refractivity contribution in [2.75, 3.05) is 32.7 Å². The van der Waals surface area contributed by atoms with E-state index in [0.717, 1.165) is 25.2 Å². The molecule has 0 saturated carbocycles. The Labute approximate surface area is 197 Å². The first-order valence-corrected chi connectivity index (χ1v) is 12.1. The summed E-state index contributed by atoms with van der Waals surface area (Å²) in [6.45, 7) is 4.17. The van der Waals surface area contributed by atoms with Gasteiger partial charge in [-0.15, -0.1) is 11.3 Å². The lowest BCUT2D eigenvalue weighted by atomic mass is 10.0. The Bertz CT molecular complexity index is 1170. The van der Waals surface area contributed by atoms with Crippen LogP contribution in [0.4, 0.5) is 0 Å². The summed E-state index contributed by atoms with van der Waals surface area (Å²) >= 11 is 1.75. The van der Waals surface area contributed by atoms with Gasteiger partial charge in [0.25, 0.3) is 17.7 Å². The Kier molecular flexibility index (Phi) is 6.07. The molecule has 7 heteroatoms. The highest BCUT2D eigenvalue weighted by atomic mass is 32.1. The van der Waals surface area contributed by atoms with Crippen molar-refractivity contribution in [1.29, 1.82) is 0 Å². The van der Waals surface area contributed by atoms with Crippen LogP contribution in [0.3, 0.4) is 0 Å². The number of carbonyl (C=O) groups excluding carboxylic acids is 3. The molecule has 2 aliphatic heterocycles. The molecule has 0 radical (unpaired) electrons. The third kappa shape index (κ3) is 4.47. The molecule has 2 aliphatic rings. The molecule has 3 aromatic rings. The molecular formula is C26H25N3O3S. The van der Waals surface area contributed by atoms with Gasteiger partial charge in [-0.1, -0.05) is 36.4 Å². The van der Waals surface area contributed by atoms with Gasteiger partial charge >= 0.3 is 0 Å². The Balaban J connectivity index is 1.23. The van der Waals surface area contributed by atoms with Crippen molar-refractivity contribution >= 4 is 29.1 Å².